The largest absolute Gasteiger partial charge is 0.396 e. The molecule has 0 atom stereocenters. The Morgan fingerprint density at radius 3 is 2.62 bits per heavy atom. The van der Waals surface area contributed by atoms with E-state index in [0.29, 0.717) is 5.82 Å². The minimum atomic E-state index is -3.56. The molecule has 1 aromatic rings. The number of imidazole rings is 1. The molecule has 0 aliphatic carbocycles. The molecule has 6 nitrogen and oxygen atoms in total. The molecule has 0 aliphatic rings. The number of aromatic nitrogens is 2. The monoisotopic (exact) mass is 247 g/mol. The van der Waals surface area contributed by atoms with Crippen LogP contribution in [0, 0.1) is 12.3 Å². The van der Waals surface area contributed by atoms with E-state index in [4.69, 9.17) is 5.11 Å². The van der Waals surface area contributed by atoms with E-state index in [2.05, 4.69) is 14.7 Å². The van der Waals surface area contributed by atoms with Crippen molar-refractivity contribution in [3.63, 3.8) is 0 Å². The van der Waals surface area contributed by atoms with Crippen LogP contribution in [0.5, 0.6) is 0 Å². The Labute approximate surface area is 95.2 Å². The van der Waals surface area contributed by atoms with Gasteiger partial charge in [-0.2, -0.15) is 0 Å². The SMILES string of the molecule is Cc1ncc(S(=O)(=O)NCC(C)(C)CO)[nH]1. The molecule has 0 aliphatic heterocycles. The molecular formula is C9H17N3O3S. The van der Waals surface area contributed by atoms with Crippen LogP contribution in [0.2, 0.25) is 0 Å². The zero-order valence-corrected chi connectivity index (χ0v) is 10.4. The lowest BCUT2D eigenvalue weighted by atomic mass is 9.96. The van der Waals surface area contributed by atoms with Gasteiger partial charge in [-0.3, -0.25) is 0 Å². The molecule has 0 fully saturated rings. The minimum absolute atomic E-state index is 0.0405. The van der Waals surface area contributed by atoms with Crippen LogP contribution >= 0.6 is 0 Å². The van der Waals surface area contributed by atoms with E-state index in [1.54, 1.807) is 20.8 Å². The topological polar surface area (TPSA) is 95.1 Å². The molecule has 0 amide bonds. The summed E-state index contributed by atoms with van der Waals surface area (Å²) in [6.07, 6.45) is 1.27. The summed E-state index contributed by atoms with van der Waals surface area (Å²) in [5, 5.41) is 9.05. The van der Waals surface area contributed by atoms with Gasteiger partial charge in [0.25, 0.3) is 10.0 Å². The summed E-state index contributed by atoms with van der Waals surface area (Å²) in [6, 6.07) is 0. The average Bonchev–Trinajstić information content (AvgIpc) is 2.63. The average molecular weight is 247 g/mol. The van der Waals surface area contributed by atoms with Crippen LogP contribution < -0.4 is 4.72 Å². The van der Waals surface area contributed by atoms with Crippen molar-refractivity contribution in [1.82, 2.24) is 14.7 Å². The van der Waals surface area contributed by atoms with Crippen LogP contribution in [0.4, 0.5) is 0 Å². The highest BCUT2D eigenvalue weighted by atomic mass is 32.2. The van der Waals surface area contributed by atoms with Gasteiger partial charge in [-0.25, -0.2) is 18.1 Å². The molecule has 0 saturated carbocycles. The van der Waals surface area contributed by atoms with E-state index in [9.17, 15) is 8.42 Å². The van der Waals surface area contributed by atoms with Crippen LogP contribution in [-0.2, 0) is 10.0 Å². The Morgan fingerprint density at radius 2 is 2.19 bits per heavy atom. The summed E-state index contributed by atoms with van der Waals surface area (Å²) in [5.74, 6) is 0.543. The molecule has 92 valence electrons. The number of hydrogen-bond acceptors (Lipinski definition) is 4. The highest BCUT2D eigenvalue weighted by Gasteiger charge is 2.22. The van der Waals surface area contributed by atoms with Crippen LogP contribution in [0.1, 0.15) is 19.7 Å². The Balaban J connectivity index is 2.74. The number of aryl methyl sites for hydroxylation is 1. The highest BCUT2D eigenvalue weighted by Crippen LogP contribution is 2.13. The van der Waals surface area contributed by atoms with E-state index >= 15 is 0 Å². The molecule has 7 heteroatoms. The molecule has 1 aromatic heterocycles. The van der Waals surface area contributed by atoms with Crippen LogP contribution in [0.3, 0.4) is 0 Å². The molecule has 1 heterocycles. The van der Waals surface area contributed by atoms with Crippen molar-refractivity contribution < 1.29 is 13.5 Å². The number of aromatic amines is 1. The summed E-state index contributed by atoms with van der Waals surface area (Å²) in [4.78, 5) is 6.47. The normalized spacial score (nSPS) is 13.0. The first-order valence-electron chi connectivity index (χ1n) is 4.89. The Kier molecular flexibility index (Phi) is 3.72. The quantitative estimate of drug-likeness (QED) is 0.683. The zero-order chi connectivity index (χ0) is 12.4. The van der Waals surface area contributed by atoms with Gasteiger partial charge in [0.15, 0.2) is 5.03 Å². The highest BCUT2D eigenvalue weighted by molar-refractivity contribution is 7.89. The summed E-state index contributed by atoms with van der Waals surface area (Å²) in [6.45, 7) is 5.31. The van der Waals surface area contributed by atoms with Crippen LogP contribution in [-0.4, -0.2) is 36.6 Å². The summed E-state index contributed by atoms with van der Waals surface area (Å²) < 4.78 is 25.9. The minimum Gasteiger partial charge on any atom is -0.396 e. The fraction of sp³-hybridized carbons (Fsp3) is 0.667. The standard InChI is InChI=1S/C9H17N3O3S/c1-7-10-4-8(12-7)16(14,15)11-5-9(2,3)6-13/h4,11,13H,5-6H2,1-3H3,(H,10,12). The lowest BCUT2D eigenvalue weighted by molar-refractivity contribution is 0.163. The van der Waals surface area contributed by atoms with Gasteiger partial charge in [0.2, 0.25) is 0 Å². The number of nitrogens with one attached hydrogen (secondary N) is 2. The Morgan fingerprint density at radius 1 is 1.56 bits per heavy atom. The summed E-state index contributed by atoms with van der Waals surface area (Å²) in [7, 11) is -3.56. The second-order valence-corrected chi connectivity index (χ2v) is 6.22. The van der Waals surface area contributed by atoms with Gasteiger partial charge in [-0.05, 0) is 6.92 Å². The van der Waals surface area contributed by atoms with E-state index in [0.717, 1.165) is 0 Å². The van der Waals surface area contributed by atoms with E-state index in [1.165, 1.54) is 6.20 Å². The molecule has 1 rings (SSSR count). The maximum absolute atomic E-state index is 11.7. The number of rotatable bonds is 5. The maximum Gasteiger partial charge on any atom is 0.257 e. The molecule has 16 heavy (non-hydrogen) atoms. The summed E-state index contributed by atoms with van der Waals surface area (Å²) in [5.41, 5.74) is -0.484. The third-order valence-corrected chi connectivity index (χ3v) is 3.45. The van der Waals surface area contributed by atoms with Gasteiger partial charge >= 0.3 is 0 Å². The van der Waals surface area contributed by atoms with Crippen molar-refractivity contribution in [1.29, 1.82) is 0 Å². The second-order valence-electron chi connectivity index (χ2n) is 4.48. The molecule has 0 aromatic carbocycles. The lowest BCUT2D eigenvalue weighted by Gasteiger charge is -2.21. The predicted molar refractivity (Wildman–Crippen MR) is 59.4 cm³/mol. The molecule has 0 spiro atoms. The van der Waals surface area contributed by atoms with Crippen molar-refractivity contribution >= 4 is 10.0 Å². The Hall–Kier alpha value is -0.920. The molecule has 0 saturated heterocycles. The first-order valence-corrected chi connectivity index (χ1v) is 6.37. The van der Waals surface area contributed by atoms with Crippen molar-refractivity contribution in [2.45, 2.75) is 25.8 Å². The predicted octanol–water partition coefficient (Wildman–Crippen LogP) is 0.0149. The first kappa shape index (κ1) is 13.1. The number of sulfonamides is 1. The number of nitrogens with zero attached hydrogens (tertiary/aromatic N) is 1. The molecule has 0 radical (unpaired) electrons. The Bertz CT molecular complexity index is 450. The lowest BCUT2D eigenvalue weighted by Crippen LogP contribution is -2.36. The van der Waals surface area contributed by atoms with Crippen molar-refractivity contribution in [2.75, 3.05) is 13.2 Å². The number of aliphatic hydroxyl groups is 1. The van der Waals surface area contributed by atoms with Gasteiger partial charge < -0.3 is 10.1 Å². The van der Waals surface area contributed by atoms with Crippen molar-refractivity contribution in [2.24, 2.45) is 5.41 Å². The number of H-pyrrole nitrogens is 1. The van der Waals surface area contributed by atoms with E-state index < -0.39 is 15.4 Å². The number of aliphatic hydroxyl groups excluding tert-OH is 1. The molecule has 0 unspecified atom stereocenters. The third-order valence-electron chi connectivity index (χ3n) is 2.14. The zero-order valence-electron chi connectivity index (χ0n) is 9.61. The molecule has 0 bridgehead atoms. The van der Waals surface area contributed by atoms with Crippen molar-refractivity contribution in [3.05, 3.63) is 12.0 Å². The molecule has 3 N–H and O–H groups in total. The first-order chi connectivity index (χ1) is 7.27. The fourth-order valence-corrected chi connectivity index (χ4v) is 2.17. The van der Waals surface area contributed by atoms with Gasteiger partial charge in [-0.1, -0.05) is 13.8 Å². The maximum atomic E-state index is 11.7. The number of hydrogen-bond donors (Lipinski definition) is 3. The second kappa shape index (κ2) is 4.52. The van der Waals surface area contributed by atoms with Gasteiger partial charge in [0.05, 0.1) is 6.20 Å². The molecular weight excluding hydrogens is 230 g/mol. The smallest absolute Gasteiger partial charge is 0.257 e. The fourth-order valence-electron chi connectivity index (χ4n) is 0.959. The van der Waals surface area contributed by atoms with E-state index in [1.807, 2.05) is 0 Å². The van der Waals surface area contributed by atoms with Crippen molar-refractivity contribution in [3.8, 4) is 0 Å². The van der Waals surface area contributed by atoms with Crippen LogP contribution in [0.15, 0.2) is 11.2 Å². The van der Waals surface area contributed by atoms with Gasteiger partial charge in [0.1, 0.15) is 5.82 Å². The van der Waals surface area contributed by atoms with Crippen LogP contribution in [0.25, 0.3) is 0 Å². The summed E-state index contributed by atoms with van der Waals surface area (Å²) >= 11 is 0. The van der Waals surface area contributed by atoms with Gasteiger partial charge in [0, 0.05) is 18.6 Å². The van der Waals surface area contributed by atoms with Gasteiger partial charge in [-0.15, -0.1) is 0 Å². The third kappa shape index (κ3) is 3.29. The van der Waals surface area contributed by atoms with E-state index in [-0.39, 0.29) is 18.2 Å².